The molecule has 0 amide bonds. The van der Waals surface area contributed by atoms with E-state index in [1.165, 1.54) is 36.2 Å². The summed E-state index contributed by atoms with van der Waals surface area (Å²) in [5.41, 5.74) is 5.70. The third kappa shape index (κ3) is 2.42. The zero-order valence-corrected chi connectivity index (χ0v) is 15.4. The Bertz CT molecular complexity index is 1130. The normalized spacial score (nSPS) is 18.5. The van der Waals surface area contributed by atoms with Gasteiger partial charge in [-0.3, -0.25) is 4.90 Å². The van der Waals surface area contributed by atoms with E-state index in [-0.39, 0.29) is 0 Å². The van der Waals surface area contributed by atoms with Gasteiger partial charge in [0.25, 0.3) is 0 Å². The van der Waals surface area contributed by atoms with Gasteiger partial charge in [-0.15, -0.1) is 0 Å². The molecule has 4 heterocycles. The second-order valence-corrected chi connectivity index (χ2v) is 7.83. The van der Waals surface area contributed by atoms with Gasteiger partial charge in [-0.05, 0) is 42.7 Å². The number of nitrogens with zero attached hydrogens (tertiary/aromatic N) is 5. The lowest BCUT2D eigenvalue weighted by Gasteiger charge is -2.36. The molecular weight excluding hydrogens is 334 g/mol. The van der Waals surface area contributed by atoms with Crippen LogP contribution < -0.4 is 0 Å². The van der Waals surface area contributed by atoms with Gasteiger partial charge >= 0.3 is 0 Å². The molecule has 2 aliphatic rings. The minimum Gasteiger partial charge on any atom is -0.327 e. The molecular formula is C22H23N5. The van der Waals surface area contributed by atoms with Gasteiger partial charge in [0, 0.05) is 56.3 Å². The van der Waals surface area contributed by atoms with Crippen LogP contribution in [-0.4, -0.2) is 43.0 Å². The molecule has 5 nitrogen and oxygen atoms in total. The van der Waals surface area contributed by atoms with E-state index in [1.807, 2.05) is 18.6 Å². The van der Waals surface area contributed by atoms with E-state index >= 15 is 0 Å². The summed E-state index contributed by atoms with van der Waals surface area (Å²) in [6, 6.07) is 11.7. The van der Waals surface area contributed by atoms with E-state index in [0.29, 0.717) is 0 Å². The summed E-state index contributed by atoms with van der Waals surface area (Å²) >= 11 is 0. The van der Waals surface area contributed by atoms with Gasteiger partial charge < -0.3 is 8.97 Å². The van der Waals surface area contributed by atoms with Crippen LogP contribution >= 0.6 is 0 Å². The Kier molecular flexibility index (Phi) is 3.38. The van der Waals surface area contributed by atoms with Crippen molar-refractivity contribution in [2.75, 3.05) is 13.1 Å². The Morgan fingerprint density at radius 1 is 1.00 bits per heavy atom. The Hall–Kier alpha value is -2.66. The molecule has 0 saturated heterocycles. The van der Waals surface area contributed by atoms with Gasteiger partial charge in [0.05, 0.1) is 11.0 Å². The number of rotatable bonds is 2. The highest BCUT2D eigenvalue weighted by molar-refractivity contribution is 5.86. The molecule has 0 bridgehead atoms. The highest BCUT2D eigenvalue weighted by atomic mass is 15.2. The van der Waals surface area contributed by atoms with Crippen molar-refractivity contribution in [3.63, 3.8) is 0 Å². The van der Waals surface area contributed by atoms with E-state index in [4.69, 9.17) is 4.98 Å². The van der Waals surface area contributed by atoms with E-state index in [0.717, 1.165) is 48.8 Å². The monoisotopic (exact) mass is 357 g/mol. The Morgan fingerprint density at radius 3 is 2.85 bits per heavy atom. The first-order valence-electron chi connectivity index (χ1n) is 10.0. The number of hydrogen-bond acceptors (Lipinski definition) is 3. The molecule has 3 aromatic heterocycles. The molecule has 0 N–H and O–H groups in total. The van der Waals surface area contributed by atoms with Crippen molar-refractivity contribution in [1.82, 2.24) is 23.8 Å². The predicted molar refractivity (Wildman–Crippen MR) is 107 cm³/mol. The van der Waals surface area contributed by atoms with Gasteiger partial charge in [0.15, 0.2) is 0 Å². The molecule has 0 spiro atoms. The van der Waals surface area contributed by atoms with Crippen molar-refractivity contribution < 1.29 is 0 Å². The number of aromatic nitrogens is 4. The van der Waals surface area contributed by atoms with Crippen molar-refractivity contribution in [2.45, 2.75) is 38.3 Å². The first-order valence-corrected chi connectivity index (χ1v) is 10.0. The smallest absolute Gasteiger partial charge is 0.144 e. The lowest BCUT2D eigenvalue weighted by atomic mass is 9.91. The van der Waals surface area contributed by atoms with Crippen LogP contribution in [0, 0.1) is 0 Å². The lowest BCUT2D eigenvalue weighted by molar-refractivity contribution is 0.130. The average molecular weight is 357 g/mol. The fourth-order valence-electron chi connectivity index (χ4n) is 4.66. The number of pyridine rings is 1. The van der Waals surface area contributed by atoms with E-state index < -0.39 is 0 Å². The maximum Gasteiger partial charge on any atom is 0.144 e. The summed E-state index contributed by atoms with van der Waals surface area (Å²) in [5.74, 6) is 1.24. The van der Waals surface area contributed by atoms with E-state index in [2.05, 4.69) is 49.2 Å². The number of hydrogen-bond donors (Lipinski definition) is 0. The van der Waals surface area contributed by atoms with E-state index in [9.17, 15) is 0 Å². The zero-order valence-electron chi connectivity index (χ0n) is 15.4. The van der Waals surface area contributed by atoms with Crippen molar-refractivity contribution in [1.29, 1.82) is 0 Å². The minimum absolute atomic E-state index is 0.822. The number of fused-ring (bicyclic) bond motifs is 4. The second kappa shape index (κ2) is 5.92. The van der Waals surface area contributed by atoms with Gasteiger partial charge in [-0.25, -0.2) is 9.97 Å². The summed E-state index contributed by atoms with van der Waals surface area (Å²) in [6.07, 6.45) is 11.1. The molecule has 1 saturated carbocycles. The second-order valence-electron chi connectivity index (χ2n) is 7.83. The Morgan fingerprint density at radius 2 is 1.96 bits per heavy atom. The summed E-state index contributed by atoms with van der Waals surface area (Å²) < 4.78 is 4.50. The third-order valence-corrected chi connectivity index (χ3v) is 6.38. The molecule has 0 unspecified atom stereocenters. The molecule has 1 aliphatic carbocycles. The van der Waals surface area contributed by atoms with Crippen LogP contribution in [0.5, 0.6) is 0 Å². The first kappa shape index (κ1) is 15.4. The van der Waals surface area contributed by atoms with Crippen LogP contribution in [0.3, 0.4) is 0 Å². The van der Waals surface area contributed by atoms with Crippen molar-refractivity contribution in [3.05, 3.63) is 54.7 Å². The molecule has 5 heteroatoms. The van der Waals surface area contributed by atoms with Crippen LogP contribution in [0.2, 0.25) is 0 Å². The molecule has 136 valence electrons. The topological polar surface area (TPSA) is 38.4 Å². The molecule has 1 aromatic carbocycles. The average Bonchev–Trinajstić information content (AvgIpc) is 3.21. The number of benzene rings is 1. The van der Waals surface area contributed by atoms with Gasteiger partial charge in [0.2, 0.25) is 0 Å². The van der Waals surface area contributed by atoms with Gasteiger partial charge in [-0.2, -0.15) is 0 Å². The highest BCUT2D eigenvalue weighted by Gasteiger charge is 2.27. The van der Waals surface area contributed by atoms with Crippen LogP contribution in [0.4, 0.5) is 0 Å². The fourth-order valence-corrected chi connectivity index (χ4v) is 4.66. The maximum absolute atomic E-state index is 5.01. The van der Waals surface area contributed by atoms with Gasteiger partial charge in [0.1, 0.15) is 11.5 Å². The fraction of sp³-hybridized carbons (Fsp3) is 0.364. The molecule has 1 aliphatic heterocycles. The predicted octanol–water partition coefficient (Wildman–Crippen LogP) is 3.76. The van der Waals surface area contributed by atoms with Crippen LogP contribution in [0.15, 0.2) is 48.9 Å². The minimum atomic E-state index is 0.822. The standard InChI is InChI=1S/C22H23N5/c1-3-17(4-1)25-11-8-21-24-19-15-16(6-7-20(19)27(21)14-13-25)18-5-2-10-26-12-9-23-22(18)26/h2,5-7,9-10,12,15,17H,1,3-4,8,11,13-14H2. The molecule has 0 radical (unpaired) electrons. The molecule has 0 atom stereocenters. The third-order valence-electron chi connectivity index (χ3n) is 6.38. The maximum atomic E-state index is 5.01. The quantitative estimate of drug-likeness (QED) is 0.548. The van der Waals surface area contributed by atoms with E-state index in [1.54, 1.807) is 0 Å². The summed E-state index contributed by atoms with van der Waals surface area (Å²) in [7, 11) is 0. The summed E-state index contributed by atoms with van der Waals surface area (Å²) in [6.45, 7) is 3.35. The first-order chi connectivity index (χ1) is 13.4. The van der Waals surface area contributed by atoms with Crippen LogP contribution in [0.25, 0.3) is 27.8 Å². The number of imidazole rings is 2. The molecule has 4 aromatic rings. The zero-order chi connectivity index (χ0) is 17.8. The summed E-state index contributed by atoms with van der Waals surface area (Å²) in [5, 5.41) is 0. The molecule has 1 fully saturated rings. The summed E-state index contributed by atoms with van der Waals surface area (Å²) in [4.78, 5) is 12.2. The SMILES string of the molecule is c1cc(-c2ccc3c(c2)nc2n3CCN(C3CCC3)CC2)c2nccn2c1. The largest absolute Gasteiger partial charge is 0.327 e. The van der Waals surface area contributed by atoms with Crippen molar-refractivity contribution >= 4 is 16.7 Å². The molecule has 27 heavy (non-hydrogen) atoms. The highest BCUT2D eigenvalue weighted by Crippen LogP contribution is 2.30. The Balaban J connectivity index is 1.38. The molecule has 6 rings (SSSR count). The van der Waals surface area contributed by atoms with Crippen molar-refractivity contribution in [3.8, 4) is 11.1 Å². The van der Waals surface area contributed by atoms with Gasteiger partial charge in [-0.1, -0.05) is 12.5 Å². The lowest BCUT2D eigenvalue weighted by Crippen LogP contribution is -2.41. The van der Waals surface area contributed by atoms with Crippen LogP contribution in [0.1, 0.15) is 25.1 Å². The van der Waals surface area contributed by atoms with Crippen LogP contribution in [-0.2, 0) is 13.0 Å². The van der Waals surface area contributed by atoms with Crippen molar-refractivity contribution in [2.24, 2.45) is 0 Å². The Labute approximate surface area is 158 Å².